The highest BCUT2D eigenvalue weighted by Crippen LogP contribution is 2.38. The summed E-state index contributed by atoms with van der Waals surface area (Å²) in [7, 11) is 4.61. The maximum Gasteiger partial charge on any atom is 0.329 e. The quantitative estimate of drug-likeness (QED) is 0.675. The molecule has 0 bridgehead atoms. The third-order valence-corrected chi connectivity index (χ3v) is 5.11. The Hall–Kier alpha value is -2.44. The van der Waals surface area contributed by atoms with E-state index in [1.54, 1.807) is 12.1 Å². The molecule has 27 heavy (non-hydrogen) atoms. The highest BCUT2D eigenvalue weighted by Gasteiger charge is 2.39. The molecule has 0 saturated heterocycles. The zero-order valence-corrected chi connectivity index (χ0v) is 16.3. The van der Waals surface area contributed by atoms with Crippen LogP contribution in [0.25, 0.3) is 0 Å². The van der Waals surface area contributed by atoms with Crippen LogP contribution in [0.3, 0.4) is 0 Å². The summed E-state index contributed by atoms with van der Waals surface area (Å²) in [5, 5.41) is 12.5. The lowest BCUT2D eigenvalue weighted by Gasteiger charge is -2.29. The van der Waals surface area contributed by atoms with Gasteiger partial charge in [0.2, 0.25) is 11.7 Å². The third kappa shape index (κ3) is 5.05. The molecule has 1 aromatic rings. The van der Waals surface area contributed by atoms with Crippen molar-refractivity contribution in [2.45, 2.75) is 56.9 Å². The molecule has 1 fully saturated rings. The zero-order valence-electron chi connectivity index (χ0n) is 16.3. The van der Waals surface area contributed by atoms with E-state index >= 15 is 0 Å². The average Bonchev–Trinajstić information content (AvgIpc) is 2.91. The molecule has 0 unspecified atom stereocenters. The molecule has 1 aromatic carbocycles. The van der Waals surface area contributed by atoms with Crippen LogP contribution in [0.4, 0.5) is 0 Å². The summed E-state index contributed by atoms with van der Waals surface area (Å²) >= 11 is 0. The smallest absolute Gasteiger partial charge is 0.329 e. The fourth-order valence-electron chi connectivity index (χ4n) is 3.59. The summed E-state index contributed by atoms with van der Waals surface area (Å²) in [6, 6.07) is 3.60. The van der Waals surface area contributed by atoms with Crippen LogP contribution in [0.5, 0.6) is 17.2 Å². The van der Waals surface area contributed by atoms with Crippen molar-refractivity contribution in [3.05, 3.63) is 17.7 Å². The van der Waals surface area contributed by atoms with Crippen molar-refractivity contribution in [3.63, 3.8) is 0 Å². The number of aliphatic carboxylic acids is 1. The van der Waals surface area contributed by atoms with Crippen molar-refractivity contribution in [2.24, 2.45) is 0 Å². The van der Waals surface area contributed by atoms with Crippen LogP contribution in [-0.2, 0) is 16.0 Å². The minimum absolute atomic E-state index is 0.188. The molecule has 0 aromatic heterocycles. The Kier molecular flexibility index (Phi) is 7.33. The van der Waals surface area contributed by atoms with Crippen LogP contribution in [0.2, 0.25) is 0 Å². The van der Waals surface area contributed by atoms with Gasteiger partial charge in [-0.1, -0.05) is 25.7 Å². The lowest BCUT2D eigenvalue weighted by Crippen LogP contribution is -2.54. The van der Waals surface area contributed by atoms with E-state index in [1.165, 1.54) is 21.3 Å². The van der Waals surface area contributed by atoms with Crippen molar-refractivity contribution < 1.29 is 28.9 Å². The SMILES string of the molecule is COc1cc(CCC(=O)NC2(C(=O)O)CCCCCC2)cc(OC)c1OC. The summed E-state index contributed by atoms with van der Waals surface area (Å²) < 4.78 is 15.9. The van der Waals surface area contributed by atoms with Gasteiger partial charge in [-0.2, -0.15) is 0 Å². The van der Waals surface area contributed by atoms with Gasteiger partial charge in [-0.3, -0.25) is 4.79 Å². The number of benzene rings is 1. The summed E-state index contributed by atoms with van der Waals surface area (Å²) in [5.41, 5.74) is -0.284. The standard InChI is InChI=1S/C20H29NO6/c1-25-15-12-14(13-16(26-2)18(15)27-3)8-9-17(22)21-20(19(23)24)10-6-4-5-7-11-20/h12-13H,4-11H2,1-3H3,(H,21,22)(H,23,24). The molecule has 1 aliphatic carbocycles. The first kappa shape index (κ1) is 20.9. The number of rotatable bonds is 8. The Balaban J connectivity index is 2.07. The van der Waals surface area contributed by atoms with Crippen molar-refractivity contribution in [1.82, 2.24) is 5.32 Å². The second-order valence-electron chi connectivity index (χ2n) is 6.88. The van der Waals surface area contributed by atoms with Gasteiger partial charge in [0.15, 0.2) is 11.5 Å². The molecule has 1 amide bonds. The minimum Gasteiger partial charge on any atom is -0.493 e. The highest BCUT2D eigenvalue weighted by molar-refractivity contribution is 5.87. The molecule has 150 valence electrons. The van der Waals surface area contributed by atoms with Gasteiger partial charge in [-0.05, 0) is 37.0 Å². The van der Waals surface area contributed by atoms with E-state index in [0.29, 0.717) is 36.5 Å². The van der Waals surface area contributed by atoms with E-state index in [9.17, 15) is 14.7 Å². The first-order valence-electron chi connectivity index (χ1n) is 9.29. The van der Waals surface area contributed by atoms with Crippen LogP contribution >= 0.6 is 0 Å². The predicted octanol–water partition coefficient (Wildman–Crippen LogP) is 2.94. The van der Waals surface area contributed by atoms with Crippen LogP contribution < -0.4 is 19.5 Å². The van der Waals surface area contributed by atoms with Gasteiger partial charge in [-0.15, -0.1) is 0 Å². The van der Waals surface area contributed by atoms with E-state index in [-0.39, 0.29) is 12.3 Å². The van der Waals surface area contributed by atoms with Crippen molar-refractivity contribution >= 4 is 11.9 Å². The number of hydrogen-bond donors (Lipinski definition) is 2. The van der Waals surface area contributed by atoms with Crippen LogP contribution in [0.1, 0.15) is 50.5 Å². The fourth-order valence-corrected chi connectivity index (χ4v) is 3.59. The van der Waals surface area contributed by atoms with Crippen molar-refractivity contribution in [3.8, 4) is 17.2 Å². The van der Waals surface area contributed by atoms with E-state index in [1.807, 2.05) is 0 Å². The number of carboxylic acid groups (broad SMARTS) is 1. The van der Waals surface area contributed by atoms with Crippen LogP contribution in [0, 0.1) is 0 Å². The normalized spacial score (nSPS) is 16.1. The molecule has 7 heteroatoms. The largest absolute Gasteiger partial charge is 0.493 e. The number of amides is 1. The number of aryl methyl sites for hydroxylation is 1. The molecule has 0 spiro atoms. The highest BCUT2D eigenvalue weighted by atomic mass is 16.5. The van der Waals surface area contributed by atoms with E-state index in [4.69, 9.17) is 14.2 Å². The second-order valence-corrected chi connectivity index (χ2v) is 6.88. The van der Waals surface area contributed by atoms with Gasteiger partial charge >= 0.3 is 5.97 Å². The number of hydrogen-bond acceptors (Lipinski definition) is 5. The van der Waals surface area contributed by atoms with Crippen LogP contribution in [0.15, 0.2) is 12.1 Å². The predicted molar refractivity (Wildman–Crippen MR) is 101 cm³/mol. The maximum absolute atomic E-state index is 12.5. The molecular formula is C20H29NO6. The van der Waals surface area contributed by atoms with E-state index in [0.717, 1.165) is 31.2 Å². The minimum atomic E-state index is -1.14. The number of carbonyl (C=O) groups is 2. The summed E-state index contributed by atoms with van der Waals surface area (Å²) in [5.74, 6) is 0.353. The molecule has 2 N–H and O–H groups in total. The van der Waals surface area contributed by atoms with Crippen LogP contribution in [-0.4, -0.2) is 43.9 Å². The Morgan fingerprint density at radius 2 is 1.56 bits per heavy atom. The van der Waals surface area contributed by atoms with Gasteiger partial charge in [0, 0.05) is 6.42 Å². The van der Waals surface area contributed by atoms with Gasteiger partial charge in [0.1, 0.15) is 5.54 Å². The number of ether oxygens (including phenoxy) is 3. The zero-order chi connectivity index (χ0) is 19.9. The molecule has 0 heterocycles. The first-order chi connectivity index (χ1) is 13.0. The van der Waals surface area contributed by atoms with Gasteiger partial charge in [0.25, 0.3) is 0 Å². The topological polar surface area (TPSA) is 94.1 Å². The Morgan fingerprint density at radius 1 is 1.00 bits per heavy atom. The van der Waals surface area contributed by atoms with Crippen molar-refractivity contribution in [2.75, 3.05) is 21.3 Å². The Labute approximate surface area is 160 Å². The number of carboxylic acids is 1. The van der Waals surface area contributed by atoms with E-state index in [2.05, 4.69) is 5.32 Å². The molecular weight excluding hydrogens is 350 g/mol. The average molecular weight is 379 g/mol. The Bertz CT molecular complexity index is 639. The molecule has 0 atom stereocenters. The summed E-state index contributed by atoms with van der Waals surface area (Å²) in [4.78, 5) is 24.3. The Morgan fingerprint density at radius 3 is 2.00 bits per heavy atom. The molecule has 0 radical (unpaired) electrons. The molecule has 7 nitrogen and oxygen atoms in total. The lowest BCUT2D eigenvalue weighted by molar-refractivity contribution is -0.148. The number of carbonyl (C=O) groups excluding carboxylic acids is 1. The first-order valence-corrected chi connectivity index (χ1v) is 9.29. The maximum atomic E-state index is 12.5. The molecule has 2 rings (SSSR count). The number of nitrogens with one attached hydrogen (secondary N) is 1. The van der Waals surface area contributed by atoms with Gasteiger partial charge < -0.3 is 24.6 Å². The lowest BCUT2D eigenvalue weighted by atomic mass is 9.90. The molecule has 0 aliphatic heterocycles. The van der Waals surface area contributed by atoms with E-state index < -0.39 is 11.5 Å². The summed E-state index contributed by atoms with van der Waals surface area (Å²) in [6.45, 7) is 0. The second kappa shape index (κ2) is 9.48. The monoisotopic (exact) mass is 379 g/mol. The third-order valence-electron chi connectivity index (χ3n) is 5.11. The summed E-state index contributed by atoms with van der Waals surface area (Å²) in [6.07, 6.45) is 5.26. The fraction of sp³-hybridized carbons (Fsp3) is 0.600. The van der Waals surface area contributed by atoms with Gasteiger partial charge in [0.05, 0.1) is 21.3 Å². The van der Waals surface area contributed by atoms with Crippen molar-refractivity contribution in [1.29, 1.82) is 0 Å². The molecule has 1 aliphatic rings. The van der Waals surface area contributed by atoms with Gasteiger partial charge in [-0.25, -0.2) is 4.79 Å². The number of methoxy groups -OCH3 is 3. The molecule has 1 saturated carbocycles.